The predicted octanol–water partition coefficient (Wildman–Crippen LogP) is 2.54. The molecule has 0 aliphatic carbocycles. The largest absolute Gasteiger partial charge is 0.373 e. The number of rotatable bonds is 3. The number of ether oxygens (including phenoxy) is 1. The lowest BCUT2D eigenvalue weighted by Gasteiger charge is -2.43. The molecule has 148 valence electrons. The highest BCUT2D eigenvalue weighted by Crippen LogP contribution is 2.36. The zero-order chi connectivity index (χ0) is 19.4. The third kappa shape index (κ3) is 4.10. The second kappa shape index (κ2) is 8.30. The van der Waals surface area contributed by atoms with E-state index in [9.17, 15) is 9.59 Å². The Morgan fingerprint density at radius 1 is 1.07 bits per heavy atom. The van der Waals surface area contributed by atoms with Crippen molar-refractivity contribution in [3.63, 3.8) is 0 Å². The molecular weight excluding hydrogens is 342 g/mol. The first-order valence-electron chi connectivity index (χ1n) is 9.82. The first-order valence-corrected chi connectivity index (χ1v) is 9.82. The molecular formula is C21H31N3O3. The third-order valence-electron chi connectivity index (χ3n) is 6.00. The van der Waals surface area contributed by atoms with Crippen LogP contribution in [0.15, 0.2) is 30.3 Å². The smallest absolute Gasteiger partial charge is 0.319 e. The van der Waals surface area contributed by atoms with Crippen molar-refractivity contribution in [1.82, 2.24) is 14.7 Å². The molecule has 0 radical (unpaired) electrons. The minimum atomic E-state index is -0.308. The molecule has 2 heterocycles. The molecule has 0 saturated carbocycles. The summed E-state index contributed by atoms with van der Waals surface area (Å²) in [5, 5.41) is 0. The Balaban J connectivity index is 1.62. The van der Waals surface area contributed by atoms with Crippen LogP contribution in [0, 0.1) is 5.92 Å². The Morgan fingerprint density at radius 2 is 1.74 bits per heavy atom. The molecule has 1 aromatic carbocycles. The summed E-state index contributed by atoms with van der Waals surface area (Å²) < 4.78 is 5.92. The van der Waals surface area contributed by atoms with E-state index in [1.807, 2.05) is 23.1 Å². The molecule has 0 aromatic heterocycles. The average molecular weight is 373 g/mol. The van der Waals surface area contributed by atoms with Crippen molar-refractivity contribution < 1.29 is 14.3 Å². The molecule has 1 unspecified atom stereocenters. The van der Waals surface area contributed by atoms with Crippen molar-refractivity contribution in [2.24, 2.45) is 5.92 Å². The fraction of sp³-hybridized carbons (Fsp3) is 0.619. The van der Waals surface area contributed by atoms with Gasteiger partial charge in [0.05, 0.1) is 11.5 Å². The maximum atomic E-state index is 13.1. The van der Waals surface area contributed by atoms with Crippen LogP contribution in [-0.4, -0.2) is 74.0 Å². The number of carbonyl (C=O) groups excluding carboxylic acids is 2. The molecule has 0 N–H and O–H groups in total. The van der Waals surface area contributed by atoms with Crippen LogP contribution in [0.5, 0.6) is 0 Å². The second-order valence-electron chi connectivity index (χ2n) is 7.85. The fourth-order valence-electron chi connectivity index (χ4n) is 4.33. The number of hydrogen-bond acceptors (Lipinski definition) is 3. The predicted molar refractivity (Wildman–Crippen MR) is 104 cm³/mol. The molecule has 3 amide bonds. The number of urea groups is 1. The molecule has 2 fully saturated rings. The van der Waals surface area contributed by atoms with Crippen molar-refractivity contribution in [2.45, 2.75) is 31.3 Å². The number of carbonyl (C=O) groups is 2. The summed E-state index contributed by atoms with van der Waals surface area (Å²) in [5.41, 5.74) is 0.873. The quantitative estimate of drug-likeness (QED) is 0.818. The van der Waals surface area contributed by atoms with Crippen molar-refractivity contribution in [2.75, 3.05) is 47.4 Å². The van der Waals surface area contributed by atoms with Crippen molar-refractivity contribution in [1.29, 1.82) is 0 Å². The fourth-order valence-corrected chi connectivity index (χ4v) is 4.33. The van der Waals surface area contributed by atoms with E-state index in [-0.39, 0.29) is 23.5 Å². The Morgan fingerprint density at radius 3 is 2.33 bits per heavy atom. The van der Waals surface area contributed by atoms with Crippen molar-refractivity contribution in [3.8, 4) is 0 Å². The summed E-state index contributed by atoms with van der Waals surface area (Å²) in [6.45, 7) is 2.65. The number of methoxy groups -OCH3 is 1. The Hall–Kier alpha value is -2.08. The first-order chi connectivity index (χ1) is 13.0. The van der Waals surface area contributed by atoms with E-state index in [0.717, 1.165) is 32.2 Å². The van der Waals surface area contributed by atoms with E-state index >= 15 is 0 Å². The van der Waals surface area contributed by atoms with Crippen LogP contribution >= 0.6 is 0 Å². The lowest BCUT2D eigenvalue weighted by atomic mass is 9.83. The summed E-state index contributed by atoms with van der Waals surface area (Å²) in [7, 11) is 5.27. The molecule has 2 aliphatic heterocycles. The van der Waals surface area contributed by atoms with Gasteiger partial charge in [-0.1, -0.05) is 30.3 Å². The van der Waals surface area contributed by atoms with Crippen LogP contribution in [0.3, 0.4) is 0 Å². The number of benzene rings is 1. The van der Waals surface area contributed by atoms with Crippen LogP contribution in [0.25, 0.3) is 0 Å². The molecule has 0 spiro atoms. The minimum absolute atomic E-state index is 0.00591. The number of nitrogens with zero attached hydrogens (tertiary/aromatic N) is 3. The van der Waals surface area contributed by atoms with Gasteiger partial charge in [-0.2, -0.15) is 0 Å². The van der Waals surface area contributed by atoms with Crippen LogP contribution in [0.1, 0.15) is 31.2 Å². The van der Waals surface area contributed by atoms with Gasteiger partial charge in [0, 0.05) is 47.4 Å². The molecule has 2 aliphatic rings. The Kier molecular flexibility index (Phi) is 6.05. The highest BCUT2D eigenvalue weighted by molar-refractivity contribution is 5.81. The van der Waals surface area contributed by atoms with Gasteiger partial charge in [0.15, 0.2) is 0 Å². The number of piperidine rings is 2. The molecule has 1 atom stereocenters. The van der Waals surface area contributed by atoms with Gasteiger partial charge in [0.2, 0.25) is 5.91 Å². The highest BCUT2D eigenvalue weighted by Gasteiger charge is 2.39. The SMILES string of the molecule is COC1(c2ccccc2)CCN(C(=O)C2CCCN(C(=O)N(C)C)C2)CC1. The molecule has 2 saturated heterocycles. The van der Waals surface area contributed by atoms with Gasteiger partial charge >= 0.3 is 6.03 Å². The Labute approximate surface area is 162 Å². The zero-order valence-corrected chi connectivity index (χ0v) is 16.7. The van der Waals surface area contributed by atoms with Gasteiger partial charge in [-0.05, 0) is 31.2 Å². The van der Waals surface area contributed by atoms with E-state index in [0.29, 0.717) is 19.6 Å². The van der Waals surface area contributed by atoms with Crippen molar-refractivity contribution in [3.05, 3.63) is 35.9 Å². The molecule has 1 aromatic rings. The van der Waals surface area contributed by atoms with Crippen LogP contribution in [-0.2, 0) is 15.1 Å². The van der Waals surface area contributed by atoms with Gasteiger partial charge in [-0.15, -0.1) is 0 Å². The molecule has 0 bridgehead atoms. The van der Waals surface area contributed by atoms with E-state index in [2.05, 4.69) is 12.1 Å². The molecule has 6 nitrogen and oxygen atoms in total. The van der Waals surface area contributed by atoms with E-state index < -0.39 is 0 Å². The first kappa shape index (κ1) is 19.7. The van der Waals surface area contributed by atoms with E-state index in [4.69, 9.17) is 4.74 Å². The van der Waals surface area contributed by atoms with E-state index in [1.54, 1.807) is 31.0 Å². The lowest BCUT2D eigenvalue weighted by Crippen LogP contribution is -2.52. The maximum absolute atomic E-state index is 13.1. The standard InChI is InChI=1S/C21H31N3O3/c1-22(2)20(26)24-13-7-8-17(16-24)19(25)23-14-11-21(27-3,12-15-23)18-9-5-4-6-10-18/h4-6,9-10,17H,7-8,11-16H2,1-3H3. The van der Waals surface area contributed by atoms with Gasteiger partial charge in [0.1, 0.15) is 0 Å². The van der Waals surface area contributed by atoms with Crippen LogP contribution in [0.4, 0.5) is 4.79 Å². The zero-order valence-electron chi connectivity index (χ0n) is 16.7. The number of likely N-dealkylation sites (tertiary alicyclic amines) is 2. The topological polar surface area (TPSA) is 53.1 Å². The van der Waals surface area contributed by atoms with Gasteiger partial charge < -0.3 is 19.4 Å². The number of amides is 3. The van der Waals surface area contributed by atoms with Gasteiger partial charge in [-0.25, -0.2) is 4.79 Å². The molecule has 27 heavy (non-hydrogen) atoms. The van der Waals surface area contributed by atoms with Crippen LogP contribution in [0.2, 0.25) is 0 Å². The maximum Gasteiger partial charge on any atom is 0.319 e. The molecule has 6 heteroatoms. The average Bonchev–Trinajstić information content (AvgIpc) is 2.73. The monoisotopic (exact) mass is 373 g/mol. The number of hydrogen-bond donors (Lipinski definition) is 0. The minimum Gasteiger partial charge on any atom is -0.373 e. The normalized spacial score (nSPS) is 22.4. The highest BCUT2D eigenvalue weighted by atomic mass is 16.5. The van der Waals surface area contributed by atoms with Crippen LogP contribution < -0.4 is 0 Å². The summed E-state index contributed by atoms with van der Waals surface area (Å²) in [6, 6.07) is 10.3. The second-order valence-corrected chi connectivity index (χ2v) is 7.85. The Bertz CT molecular complexity index is 654. The molecule has 3 rings (SSSR count). The van der Waals surface area contributed by atoms with E-state index in [1.165, 1.54) is 5.56 Å². The summed E-state index contributed by atoms with van der Waals surface area (Å²) in [5.74, 6) is 0.0958. The summed E-state index contributed by atoms with van der Waals surface area (Å²) in [6.07, 6.45) is 3.34. The summed E-state index contributed by atoms with van der Waals surface area (Å²) >= 11 is 0. The van der Waals surface area contributed by atoms with Gasteiger partial charge in [-0.3, -0.25) is 4.79 Å². The van der Waals surface area contributed by atoms with Crippen molar-refractivity contribution >= 4 is 11.9 Å². The lowest BCUT2D eigenvalue weighted by molar-refractivity contribution is -0.143. The summed E-state index contributed by atoms with van der Waals surface area (Å²) in [4.78, 5) is 30.6. The van der Waals surface area contributed by atoms with Gasteiger partial charge in [0.25, 0.3) is 0 Å². The third-order valence-corrected chi connectivity index (χ3v) is 6.00.